The third-order valence-electron chi connectivity index (χ3n) is 4.32. The van der Waals surface area contributed by atoms with Crippen LogP contribution in [0, 0.1) is 5.82 Å². The second kappa shape index (κ2) is 8.31. The molecule has 0 spiro atoms. The number of hydrogen-bond donors (Lipinski definition) is 2. The van der Waals surface area contributed by atoms with Crippen LogP contribution in [-0.4, -0.2) is 27.4 Å². The number of aromatic amines is 1. The second-order valence-electron chi connectivity index (χ2n) is 6.49. The van der Waals surface area contributed by atoms with Crippen LogP contribution in [-0.2, 0) is 17.6 Å². The first kappa shape index (κ1) is 18.3. The van der Waals surface area contributed by atoms with Crippen LogP contribution in [0.25, 0.3) is 21.6 Å². The molecular formula is C21H19FN4OS. The first-order valence-electron chi connectivity index (χ1n) is 9.08. The van der Waals surface area contributed by atoms with Crippen molar-refractivity contribution in [3.8, 4) is 10.6 Å². The van der Waals surface area contributed by atoms with Gasteiger partial charge in [0, 0.05) is 23.9 Å². The van der Waals surface area contributed by atoms with E-state index in [4.69, 9.17) is 0 Å². The fourth-order valence-corrected chi connectivity index (χ4v) is 3.79. The highest BCUT2D eigenvalue weighted by molar-refractivity contribution is 7.13. The van der Waals surface area contributed by atoms with Crippen molar-refractivity contribution in [3.05, 3.63) is 71.2 Å². The maximum absolute atomic E-state index is 13.3. The topological polar surface area (TPSA) is 70.7 Å². The monoisotopic (exact) mass is 394 g/mol. The minimum Gasteiger partial charge on any atom is -0.356 e. The smallest absolute Gasteiger partial charge is 0.226 e. The Morgan fingerprint density at radius 3 is 2.89 bits per heavy atom. The molecule has 0 saturated heterocycles. The number of carbonyl (C=O) groups excluding carboxylic acids is 1. The largest absolute Gasteiger partial charge is 0.356 e. The van der Waals surface area contributed by atoms with Crippen LogP contribution in [0.5, 0.6) is 0 Å². The lowest BCUT2D eigenvalue weighted by atomic mass is 10.2. The van der Waals surface area contributed by atoms with E-state index < -0.39 is 0 Å². The summed E-state index contributed by atoms with van der Waals surface area (Å²) in [7, 11) is 0. The molecule has 2 heterocycles. The van der Waals surface area contributed by atoms with Crippen molar-refractivity contribution in [1.82, 2.24) is 20.3 Å². The number of nitrogens with one attached hydrogen (secondary N) is 2. The van der Waals surface area contributed by atoms with Crippen molar-refractivity contribution < 1.29 is 9.18 Å². The van der Waals surface area contributed by atoms with Gasteiger partial charge in [0.2, 0.25) is 5.91 Å². The van der Waals surface area contributed by atoms with E-state index in [0.29, 0.717) is 17.2 Å². The minimum atomic E-state index is -0.295. The normalized spacial score (nSPS) is 11.0. The molecule has 142 valence electrons. The van der Waals surface area contributed by atoms with Gasteiger partial charge in [-0.25, -0.2) is 14.4 Å². The Labute approximate surface area is 165 Å². The Balaban J connectivity index is 1.24. The number of aromatic nitrogens is 3. The Kier molecular flexibility index (Phi) is 5.43. The third kappa shape index (κ3) is 4.43. The molecule has 0 aliphatic heterocycles. The van der Waals surface area contributed by atoms with Crippen LogP contribution in [0.15, 0.2) is 53.9 Å². The molecular weight excluding hydrogens is 375 g/mol. The number of nitrogens with zero attached hydrogens (tertiary/aromatic N) is 2. The molecule has 4 rings (SSSR count). The number of halogens is 1. The zero-order valence-electron chi connectivity index (χ0n) is 15.1. The van der Waals surface area contributed by atoms with Crippen LogP contribution < -0.4 is 5.32 Å². The standard InChI is InChI=1S/C21H19FN4OS/c22-15-6-3-5-14(11-15)21-24-16(13-28-21)12-20(27)23-10-4-9-19-25-17-7-1-2-8-18(17)26-19/h1-3,5-8,11,13H,4,9-10,12H2,(H,23,27)(H,25,26). The van der Waals surface area contributed by atoms with Crippen molar-refractivity contribution in [2.45, 2.75) is 19.3 Å². The molecule has 0 aliphatic rings. The summed E-state index contributed by atoms with van der Waals surface area (Å²) in [6.07, 6.45) is 1.79. The number of thiazole rings is 1. The minimum absolute atomic E-state index is 0.0688. The van der Waals surface area contributed by atoms with Gasteiger partial charge in [0.15, 0.2) is 0 Å². The first-order valence-corrected chi connectivity index (χ1v) is 9.96. The van der Waals surface area contributed by atoms with Crippen LogP contribution in [0.3, 0.4) is 0 Å². The van der Waals surface area contributed by atoms with Crippen LogP contribution in [0.4, 0.5) is 4.39 Å². The first-order chi connectivity index (χ1) is 13.7. The van der Waals surface area contributed by atoms with Gasteiger partial charge in [-0.15, -0.1) is 11.3 Å². The number of aryl methyl sites for hydroxylation is 1. The Hall–Kier alpha value is -3.06. The van der Waals surface area contributed by atoms with Gasteiger partial charge in [-0.1, -0.05) is 24.3 Å². The number of hydrogen-bond acceptors (Lipinski definition) is 4. The van der Waals surface area contributed by atoms with Crippen LogP contribution in [0.1, 0.15) is 17.9 Å². The summed E-state index contributed by atoms with van der Waals surface area (Å²) in [6.45, 7) is 0.580. The van der Waals surface area contributed by atoms with Gasteiger partial charge in [-0.05, 0) is 30.7 Å². The summed E-state index contributed by atoms with van der Waals surface area (Å²) < 4.78 is 13.3. The van der Waals surface area contributed by atoms with Gasteiger partial charge in [0.1, 0.15) is 16.6 Å². The zero-order chi connectivity index (χ0) is 19.3. The van der Waals surface area contributed by atoms with E-state index >= 15 is 0 Å². The molecule has 5 nitrogen and oxygen atoms in total. The van der Waals surface area contributed by atoms with E-state index in [1.807, 2.05) is 35.7 Å². The molecule has 0 bridgehead atoms. The summed E-state index contributed by atoms with van der Waals surface area (Å²) in [5.41, 5.74) is 3.40. The van der Waals surface area contributed by atoms with E-state index in [1.165, 1.54) is 23.5 Å². The molecule has 2 aromatic carbocycles. The molecule has 4 aromatic rings. The summed E-state index contributed by atoms with van der Waals surface area (Å²) in [5, 5.41) is 5.47. The van der Waals surface area contributed by atoms with Gasteiger partial charge in [-0.2, -0.15) is 0 Å². The van der Waals surface area contributed by atoms with Crippen LogP contribution in [0.2, 0.25) is 0 Å². The third-order valence-corrected chi connectivity index (χ3v) is 5.26. The van der Waals surface area contributed by atoms with E-state index in [2.05, 4.69) is 20.3 Å². The number of benzene rings is 2. The summed E-state index contributed by atoms with van der Waals surface area (Å²) in [5.74, 6) is 0.562. The van der Waals surface area contributed by atoms with Crippen LogP contribution >= 0.6 is 11.3 Å². The fraction of sp³-hybridized carbons (Fsp3) is 0.190. The lowest BCUT2D eigenvalue weighted by molar-refractivity contribution is -0.120. The highest BCUT2D eigenvalue weighted by atomic mass is 32.1. The molecule has 0 radical (unpaired) electrons. The highest BCUT2D eigenvalue weighted by Gasteiger charge is 2.10. The molecule has 0 unspecified atom stereocenters. The van der Waals surface area contributed by atoms with Gasteiger partial charge in [-0.3, -0.25) is 4.79 Å². The summed E-state index contributed by atoms with van der Waals surface area (Å²) in [4.78, 5) is 24.4. The predicted molar refractivity (Wildman–Crippen MR) is 109 cm³/mol. The number of amides is 1. The van der Waals surface area contributed by atoms with E-state index in [0.717, 1.165) is 35.3 Å². The number of fused-ring (bicyclic) bond motifs is 1. The SMILES string of the molecule is O=C(Cc1csc(-c2cccc(F)c2)n1)NCCCc1nc2ccccc2[nH]1. The molecule has 2 aromatic heterocycles. The predicted octanol–water partition coefficient (Wildman–Crippen LogP) is 4.12. The van der Waals surface area contributed by atoms with Gasteiger partial charge in [0.05, 0.1) is 23.1 Å². The Morgan fingerprint density at radius 1 is 1.14 bits per heavy atom. The molecule has 1 amide bonds. The maximum Gasteiger partial charge on any atom is 0.226 e. The van der Waals surface area contributed by atoms with Gasteiger partial charge in [0.25, 0.3) is 0 Å². The van der Waals surface area contributed by atoms with Crippen molar-refractivity contribution in [2.75, 3.05) is 6.54 Å². The average molecular weight is 394 g/mol. The number of rotatable bonds is 7. The number of H-pyrrole nitrogens is 1. The van der Waals surface area contributed by atoms with E-state index in [1.54, 1.807) is 6.07 Å². The maximum atomic E-state index is 13.3. The Morgan fingerprint density at radius 2 is 2.04 bits per heavy atom. The number of carbonyl (C=O) groups is 1. The summed E-state index contributed by atoms with van der Waals surface area (Å²) in [6, 6.07) is 14.2. The lowest BCUT2D eigenvalue weighted by Gasteiger charge is -2.03. The van der Waals surface area contributed by atoms with Crippen molar-refractivity contribution in [2.24, 2.45) is 0 Å². The van der Waals surface area contributed by atoms with Crippen molar-refractivity contribution in [3.63, 3.8) is 0 Å². The average Bonchev–Trinajstić information content (AvgIpc) is 3.31. The quantitative estimate of drug-likeness (QED) is 0.463. The molecule has 28 heavy (non-hydrogen) atoms. The van der Waals surface area contributed by atoms with Gasteiger partial charge >= 0.3 is 0 Å². The molecule has 0 fully saturated rings. The van der Waals surface area contributed by atoms with E-state index in [-0.39, 0.29) is 18.1 Å². The number of para-hydroxylation sites is 2. The van der Waals surface area contributed by atoms with Gasteiger partial charge < -0.3 is 10.3 Å². The number of imidazole rings is 1. The van der Waals surface area contributed by atoms with E-state index in [9.17, 15) is 9.18 Å². The molecule has 0 atom stereocenters. The van der Waals surface area contributed by atoms with Crippen molar-refractivity contribution >= 4 is 28.3 Å². The molecule has 2 N–H and O–H groups in total. The summed E-state index contributed by atoms with van der Waals surface area (Å²) >= 11 is 1.41. The molecule has 7 heteroatoms. The molecule has 0 saturated carbocycles. The highest BCUT2D eigenvalue weighted by Crippen LogP contribution is 2.24. The lowest BCUT2D eigenvalue weighted by Crippen LogP contribution is -2.26. The second-order valence-corrected chi connectivity index (χ2v) is 7.34. The Bertz CT molecular complexity index is 1070. The fourth-order valence-electron chi connectivity index (χ4n) is 2.98. The molecule has 0 aliphatic carbocycles. The van der Waals surface area contributed by atoms with Crippen molar-refractivity contribution in [1.29, 1.82) is 0 Å². The zero-order valence-corrected chi connectivity index (χ0v) is 15.9.